The van der Waals surface area contributed by atoms with Crippen LogP contribution in [-0.2, 0) is 20.7 Å². The van der Waals surface area contributed by atoms with Crippen molar-refractivity contribution >= 4 is 23.5 Å². The molecule has 0 saturated carbocycles. The molecule has 1 atom stereocenters. The predicted octanol–water partition coefficient (Wildman–Crippen LogP) is 4.47. The molecule has 0 aliphatic rings. The highest BCUT2D eigenvalue weighted by atomic mass is 35.5. The molecule has 5 heteroatoms. The number of nitrogens with one attached hydrogen (secondary N) is 1. The fourth-order valence-corrected chi connectivity index (χ4v) is 2.84. The molecule has 4 nitrogen and oxygen atoms in total. The Bertz CT molecular complexity index is 731. The normalized spacial score (nSPS) is 11.8. The Morgan fingerprint density at radius 1 is 1.08 bits per heavy atom. The van der Waals surface area contributed by atoms with E-state index < -0.39 is 6.04 Å². The predicted molar refractivity (Wildman–Crippen MR) is 103 cm³/mol. The number of benzene rings is 2. The molecule has 0 fully saturated rings. The van der Waals surface area contributed by atoms with Gasteiger partial charge in [-0.1, -0.05) is 54.1 Å². The van der Waals surface area contributed by atoms with Crippen molar-refractivity contribution in [3.8, 4) is 0 Å². The third-order valence-corrected chi connectivity index (χ3v) is 4.04. The standard InChI is InChI=1S/C21H24ClNO3/c1-15(2)26-21(25)14-19(17-8-4-3-5-9-17)23-20(24)12-11-16-7-6-10-18(22)13-16/h3-10,13,15,19H,11-12,14H2,1-2H3,(H,23,24). The Morgan fingerprint density at radius 2 is 1.81 bits per heavy atom. The fraction of sp³-hybridized carbons (Fsp3) is 0.333. The Balaban J connectivity index is 1.98. The van der Waals surface area contributed by atoms with E-state index >= 15 is 0 Å². The van der Waals surface area contributed by atoms with Crippen LogP contribution in [-0.4, -0.2) is 18.0 Å². The van der Waals surface area contributed by atoms with E-state index in [1.165, 1.54) is 0 Å². The second-order valence-electron chi connectivity index (χ2n) is 6.40. The summed E-state index contributed by atoms with van der Waals surface area (Å²) in [6, 6.07) is 16.5. The van der Waals surface area contributed by atoms with Crippen LogP contribution in [0.1, 0.15) is 43.9 Å². The smallest absolute Gasteiger partial charge is 0.308 e. The van der Waals surface area contributed by atoms with Gasteiger partial charge in [-0.2, -0.15) is 0 Å². The topological polar surface area (TPSA) is 55.4 Å². The van der Waals surface area contributed by atoms with E-state index in [9.17, 15) is 9.59 Å². The maximum atomic E-state index is 12.4. The highest BCUT2D eigenvalue weighted by molar-refractivity contribution is 6.30. The van der Waals surface area contributed by atoms with Crippen LogP contribution in [0.2, 0.25) is 5.02 Å². The zero-order valence-electron chi connectivity index (χ0n) is 15.1. The zero-order valence-corrected chi connectivity index (χ0v) is 15.8. The molecule has 0 spiro atoms. The van der Waals surface area contributed by atoms with Gasteiger partial charge in [-0.3, -0.25) is 9.59 Å². The van der Waals surface area contributed by atoms with Crippen molar-refractivity contribution in [2.45, 2.75) is 45.3 Å². The molecule has 1 amide bonds. The summed E-state index contributed by atoms with van der Waals surface area (Å²) in [5.41, 5.74) is 1.88. The summed E-state index contributed by atoms with van der Waals surface area (Å²) in [6.45, 7) is 3.61. The minimum Gasteiger partial charge on any atom is -0.463 e. The minimum absolute atomic E-state index is 0.102. The van der Waals surface area contributed by atoms with Crippen LogP contribution >= 0.6 is 11.6 Å². The molecule has 0 aromatic heterocycles. The van der Waals surface area contributed by atoms with Crippen molar-refractivity contribution in [3.05, 3.63) is 70.7 Å². The molecule has 0 heterocycles. The van der Waals surface area contributed by atoms with Gasteiger partial charge in [0.2, 0.25) is 5.91 Å². The lowest BCUT2D eigenvalue weighted by Crippen LogP contribution is -2.31. The number of rotatable bonds is 8. The molecule has 0 aliphatic heterocycles. The van der Waals surface area contributed by atoms with Crippen LogP contribution in [0.5, 0.6) is 0 Å². The van der Waals surface area contributed by atoms with Crippen LogP contribution in [0.15, 0.2) is 54.6 Å². The molecule has 2 aromatic rings. The van der Waals surface area contributed by atoms with Gasteiger partial charge in [0, 0.05) is 11.4 Å². The lowest BCUT2D eigenvalue weighted by molar-refractivity contribution is -0.148. The molecule has 138 valence electrons. The maximum absolute atomic E-state index is 12.4. The van der Waals surface area contributed by atoms with Crippen LogP contribution in [0.25, 0.3) is 0 Å². The maximum Gasteiger partial charge on any atom is 0.308 e. The third kappa shape index (κ3) is 6.89. The second kappa shape index (κ2) is 9.97. The lowest BCUT2D eigenvalue weighted by Gasteiger charge is -2.19. The van der Waals surface area contributed by atoms with Gasteiger partial charge in [0.05, 0.1) is 18.6 Å². The van der Waals surface area contributed by atoms with E-state index in [0.717, 1.165) is 11.1 Å². The van der Waals surface area contributed by atoms with E-state index in [0.29, 0.717) is 17.9 Å². The molecule has 0 bridgehead atoms. The van der Waals surface area contributed by atoms with E-state index in [4.69, 9.17) is 16.3 Å². The molecular formula is C21H24ClNO3. The lowest BCUT2D eigenvalue weighted by atomic mass is 10.0. The molecule has 2 rings (SSSR count). The molecule has 1 unspecified atom stereocenters. The highest BCUT2D eigenvalue weighted by Crippen LogP contribution is 2.18. The number of carbonyl (C=O) groups excluding carboxylic acids is 2. The Hall–Kier alpha value is -2.33. The first-order chi connectivity index (χ1) is 12.4. The van der Waals surface area contributed by atoms with Crippen molar-refractivity contribution in [1.29, 1.82) is 0 Å². The summed E-state index contributed by atoms with van der Waals surface area (Å²) in [4.78, 5) is 24.4. The Morgan fingerprint density at radius 3 is 2.46 bits per heavy atom. The summed E-state index contributed by atoms with van der Waals surface area (Å²) in [5, 5.41) is 3.60. The van der Waals surface area contributed by atoms with Crippen molar-refractivity contribution in [2.24, 2.45) is 0 Å². The molecule has 0 radical (unpaired) electrons. The fourth-order valence-electron chi connectivity index (χ4n) is 2.63. The number of aryl methyl sites for hydroxylation is 1. The Kier molecular flexibility index (Phi) is 7.67. The first kappa shape index (κ1) is 20.0. The van der Waals surface area contributed by atoms with E-state index in [1.807, 2.05) is 48.5 Å². The summed E-state index contributed by atoms with van der Waals surface area (Å²) >= 11 is 5.97. The summed E-state index contributed by atoms with van der Waals surface area (Å²) in [6.07, 6.45) is 0.829. The average molecular weight is 374 g/mol. The van der Waals surface area contributed by atoms with Gasteiger partial charge in [-0.05, 0) is 43.5 Å². The molecule has 0 aliphatic carbocycles. The largest absolute Gasteiger partial charge is 0.463 e. The quantitative estimate of drug-likeness (QED) is 0.694. The summed E-state index contributed by atoms with van der Waals surface area (Å²) in [7, 11) is 0. The third-order valence-electron chi connectivity index (χ3n) is 3.80. The van der Waals surface area contributed by atoms with Crippen LogP contribution in [0.4, 0.5) is 0 Å². The van der Waals surface area contributed by atoms with Gasteiger partial charge in [-0.15, -0.1) is 0 Å². The van der Waals surface area contributed by atoms with Crippen molar-refractivity contribution in [1.82, 2.24) is 5.32 Å². The van der Waals surface area contributed by atoms with Gasteiger partial charge >= 0.3 is 5.97 Å². The number of hydrogen-bond acceptors (Lipinski definition) is 3. The van der Waals surface area contributed by atoms with Crippen LogP contribution < -0.4 is 5.32 Å². The number of hydrogen-bond donors (Lipinski definition) is 1. The number of esters is 1. The second-order valence-corrected chi connectivity index (χ2v) is 6.84. The van der Waals surface area contributed by atoms with Crippen molar-refractivity contribution in [2.75, 3.05) is 0 Å². The van der Waals surface area contributed by atoms with Crippen LogP contribution in [0, 0.1) is 0 Å². The molecule has 0 saturated heterocycles. The van der Waals surface area contributed by atoms with E-state index in [2.05, 4.69) is 5.32 Å². The first-order valence-electron chi connectivity index (χ1n) is 8.72. The summed E-state index contributed by atoms with van der Waals surface area (Å²) < 4.78 is 5.22. The van der Waals surface area contributed by atoms with E-state index in [-0.39, 0.29) is 24.4 Å². The average Bonchev–Trinajstić information content (AvgIpc) is 2.59. The van der Waals surface area contributed by atoms with Gasteiger partial charge in [-0.25, -0.2) is 0 Å². The number of ether oxygens (including phenoxy) is 1. The van der Waals surface area contributed by atoms with E-state index in [1.54, 1.807) is 19.9 Å². The minimum atomic E-state index is -0.408. The van der Waals surface area contributed by atoms with Gasteiger partial charge in [0.1, 0.15) is 0 Å². The zero-order chi connectivity index (χ0) is 18.9. The highest BCUT2D eigenvalue weighted by Gasteiger charge is 2.19. The molecule has 2 aromatic carbocycles. The van der Waals surface area contributed by atoms with Crippen LogP contribution in [0.3, 0.4) is 0 Å². The number of carbonyl (C=O) groups is 2. The SMILES string of the molecule is CC(C)OC(=O)CC(NC(=O)CCc1cccc(Cl)c1)c1ccccc1. The number of amides is 1. The summed E-state index contributed by atoms with van der Waals surface area (Å²) in [5.74, 6) is -0.444. The molecular weight excluding hydrogens is 350 g/mol. The van der Waals surface area contributed by atoms with Crippen molar-refractivity contribution < 1.29 is 14.3 Å². The number of halogens is 1. The molecule has 1 N–H and O–H groups in total. The van der Waals surface area contributed by atoms with Gasteiger partial charge in [0.15, 0.2) is 0 Å². The molecule has 26 heavy (non-hydrogen) atoms. The van der Waals surface area contributed by atoms with Gasteiger partial charge in [0.25, 0.3) is 0 Å². The van der Waals surface area contributed by atoms with Gasteiger partial charge < -0.3 is 10.1 Å². The first-order valence-corrected chi connectivity index (χ1v) is 9.10. The monoisotopic (exact) mass is 373 g/mol. The van der Waals surface area contributed by atoms with Crippen molar-refractivity contribution in [3.63, 3.8) is 0 Å². The Labute approximate surface area is 159 Å².